The number of hydrogen-bond donors (Lipinski definition) is 2. The first-order valence-corrected chi connectivity index (χ1v) is 8.40. The molecule has 27 heavy (non-hydrogen) atoms. The van der Waals surface area contributed by atoms with Crippen LogP contribution in [0.3, 0.4) is 0 Å². The summed E-state index contributed by atoms with van der Waals surface area (Å²) < 4.78 is 15.7. The van der Waals surface area contributed by atoms with Crippen LogP contribution in [0.4, 0.5) is 5.69 Å². The number of benzene rings is 1. The lowest BCUT2D eigenvalue weighted by Crippen LogP contribution is -2.20. The van der Waals surface area contributed by atoms with Crippen molar-refractivity contribution in [2.24, 2.45) is 5.10 Å². The van der Waals surface area contributed by atoms with Gasteiger partial charge in [-0.05, 0) is 6.07 Å². The van der Waals surface area contributed by atoms with E-state index in [0.717, 1.165) is 0 Å². The van der Waals surface area contributed by atoms with E-state index in [1.165, 1.54) is 27.5 Å². The fraction of sp³-hybridized carbons (Fsp3) is 0.188. The standard InChI is InChI=1S/C16H15Cl3N4O4/c1-25-8-5-10(27-3)9(26-2)4-7(8)6-21-23-16(24)14-11(17)13(20)12(18)15(19)22-14/h4-6H,1-3H3,(H2,20,22)(H,23,24)/b21-6-. The van der Waals surface area contributed by atoms with E-state index in [4.69, 9.17) is 54.7 Å². The van der Waals surface area contributed by atoms with E-state index < -0.39 is 5.91 Å². The van der Waals surface area contributed by atoms with E-state index in [1.807, 2.05) is 0 Å². The summed E-state index contributed by atoms with van der Waals surface area (Å²) in [6.45, 7) is 0. The Kier molecular flexibility index (Phi) is 6.95. The number of hydrazone groups is 1. The van der Waals surface area contributed by atoms with Gasteiger partial charge in [0, 0.05) is 11.6 Å². The Bertz CT molecular complexity index is 906. The summed E-state index contributed by atoms with van der Waals surface area (Å²) in [6, 6.07) is 3.26. The Labute approximate surface area is 170 Å². The van der Waals surface area contributed by atoms with E-state index in [-0.39, 0.29) is 26.6 Å². The first kappa shape index (κ1) is 20.9. The number of nitrogen functional groups attached to an aromatic ring is 1. The molecule has 8 nitrogen and oxygen atoms in total. The van der Waals surface area contributed by atoms with Crippen molar-refractivity contribution >= 4 is 52.6 Å². The molecule has 0 radical (unpaired) electrons. The number of aromatic nitrogens is 1. The number of rotatable bonds is 6. The van der Waals surface area contributed by atoms with Gasteiger partial charge in [-0.15, -0.1) is 0 Å². The zero-order valence-electron chi connectivity index (χ0n) is 14.5. The molecule has 144 valence electrons. The molecule has 11 heteroatoms. The Morgan fingerprint density at radius 1 is 1.07 bits per heavy atom. The minimum absolute atomic E-state index is 0.0308. The van der Waals surface area contributed by atoms with Gasteiger partial charge in [-0.2, -0.15) is 5.10 Å². The second-order valence-electron chi connectivity index (χ2n) is 4.94. The first-order valence-electron chi connectivity index (χ1n) is 7.27. The molecule has 0 bridgehead atoms. The van der Waals surface area contributed by atoms with Crippen LogP contribution >= 0.6 is 34.8 Å². The molecule has 2 aromatic rings. The molecule has 0 saturated heterocycles. The highest BCUT2D eigenvalue weighted by atomic mass is 35.5. The molecule has 3 N–H and O–H groups in total. The van der Waals surface area contributed by atoms with Gasteiger partial charge < -0.3 is 19.9 Å². The highest BCUT2D eigenvalue weighted by Gasteiger charge is 2.19. The average molecular weight is 434 g/mol. The number of halogens is 3. The van der Waals surface area contributed by atoms with Crippen molar-refractivity contribution in [1.29, 1.82) is 0 Å². The summed E-state index contributed by atoms with van der Waals surface area (Å²) in [5, 5.41) is 3.56. The lowest BCUT2D eigenvalue weighted by Gasteiger charge is -2.11. The quantitative estimate of drug-likeness (QED) is 0.410. The smallest absolute Gasteiger partial charge is 0.291 e. The maximum absolute atomic E-state index is 12.2. The number of pyridine rings is 1. The number of hydrogen-bond acceptors (Lipinski definition) is 7. The zero-order valence-corrected chi connectivity index (χ0v) is 16.7. The van der Waals surface area contributed by atoms with Gasteiger partial charge in [0.25, 0.3) is 5.91 Å². The number of methoxy groups -OCH3 is 3. The predicted molar refractivity (Wildman–Crippen MR) is 105 cm³/mol. The number of carbonyl (C=O) groups is 1. The number of anilines is 1. The van der Waals surface area contributed by atoms with Gasteiger partial charge in [-0.3, -0.25) is 4.79 Å². The van der Waals surface area contributed by atoms with E-state index in [1.54, 1.807) is 12.1 Å². The summed E-state index contributed by atoms with van der Waals surface area (Å²) in [5.41, 5.74) is 8.24. The fourth-order valence-corrected chi connectivity index (χ4v) is 2.64. The molecule has 0 aliphatic carbocycles. The van der Waals surface area contributed by atoms with Crippen molar-refractivity contribution in [1.82, 2.24) is 10.4 Å². The van der Waals surface area contributed by atoms with E-state index >= 15 is 0 Å². The second kappa shape index (κ2) is 8.98. The normalized spacial score (nSPS) is 10.7. The van der Waals surface area contributed by atoms with Crippen molar-refractivity contribution in [3.8, 4) is 17.2 Å². The van der Waals surface area contributed by atoms with Crippen LogP contribution in [0.25, 0.3) is 0 Å². The van der Waals surface area contributed by atoms with Crippen LogP contribution in [0.2, 0.25) is 15.2 Å². The predicted octanol–water partition coefficient (Wildman–Crippen LogP) is 3.41. The fourth-order valence-electron chi connectivity index (χ4n) is 2.05. The van der Waals surface area contributed by atoms with E-state index in [9.17, 15) is 4.79 Å². The topological polar surface area (TPSA) is 108 Å². The highest BCUT2D eigenvalue weighted by Crippen LogP contribution is 2.35. The van der Waals surface area contributed by atoms with Gasteiger partial charge in [-0.1, -0.05) is 34.8 Å². The number of nitrogens with two attached hydrogens (primary N) is 1. The lowest BCUT2D eigenvalue weighted by atomic mass is 10.2. The zero-order chi connectivity index (χ0) is 20.1. The molecule has 0 saturated carbocycles. The minimum atomic E-state index is -0.721. The molecule has 1 heterocycles. The number of amides is 1. The molecule has 1 aromatic heterocycles. The van der Waals surface area contributed by atoms with Gasteiger partial charge in [0.05, 0.1) is 38.3 Å². The summed E-state index contributed by atoms with van der Waals surface area (Å²) in [5.74, 6) is 0.687. The maximum atomic E-state index is 12.2. The van der Waals surface area contributed by atoms with Gasteiger partial charge in [0.15, 0.2) is 22.3 Å². The van der Waals surface area contributed by atoms with Crippen LogP contribution in [0.15, 0.2) is 17.2 Å². The van der Waals surface area contributed by atoms with Gasteiger partial charge >= 0.3 is 0 Å². The molecule has 0 atom stereocenters. The molecule has 2 rings (SSSR count). The van der Waals surface area contributed by atoms with Crippen LogP contribution in [0.5, 0.6) is 17.2 Å². The number of nitrogens with zero attached hydrogens (tertiary/aromatic N) is 2. The Hall–Kier alpha value is -2.42. The maximum Gasteiger partial charge on any atom is 0.291 e. The Balaban J connectivity index is 2.27. The van der Waals surface area contributed by atoms with Crippen LogP contribution < -0.4 is 25.4 Å². The number of ether oxygens (including phenoxy) is 3. The van der Waals surface area contributed by atoms with Crippen molar-refractivity contribution < 1.29 is 19.0 Å². The summed E-state index contributed by atoms with van der Waals surface area (Å²) in [4.78, 5) is 16.1. The second-order valence-corrected chi connectivity index (χ2v) is 6.06. The minimum Gasteiger partial charge on any atom is -0.496 e. The molecule has 0 unspecified atom stereocenters. The summed E-state index contributed by atoms with van der Waals surface area (Å²) in [6.07, 6.45) is 1.35. The van der Waals surface area contributed by atoms with Gasteiger partial charge in [0.1, 0.15) is 10.8 Å². The van der Waals surface area contributed by atoms with Crippen LogP contribution in [0, 0.1) is 0 Å². The molecular formula is C16H15Cl3N4O4. The number of nitrogens with one attached hydrogen (secondary N) is 1. The van der Waals surface area contributed by atoms with Crippen molar-refractivity contribution in [2.45, 2.75) is 0 Å². The van der Waals surface area contributed by atoms with Crippen LogP contribution in [0.1, 0.15) is 16.1 Å². The molecule has 1 aromatic carbocycles. The van der Waals surface area contributed by atoms with Crippen LogP contribution in [-0.4, -0.2) is 38.4 Å². The molecule has 0 aliphatic heterocycles. The third kappa shape index (κ3) is 4.47. The first-order chi connectivity index (χ1) is 12.8. The Morgan fingerprint density at radius 3 is 2.26 bits per heavy atom. The van der Waals surface area contributed by atoms with Gasteiger partial charge in [-0.25, -0.2) is 10.4 Å². The largest absolute Gasteiger partial charge is 0.496 e. The third-order valence-electron chi connectivity index (χ3n) is 3.39. The lowest BCUT2D eigenvalue weighted by molar-refractivity contribution is 0.0950. The molecule has 0 fully saturated rings. The average Bonchev–Trinajstić information content (AvgIpc) is 2.68. The molecule has 1 amide bonds. The highest BCUT2D eigenvalue weighted by molar-refractivity contribution is 6.46. The third-order valence-corrected chi connectivity index (χ3v) is 4.53. The summed E-state index contributed by atoms with van der Waals surface area (Å²) >= 11 is 17.6. The van der Waals surface area contributed by atoms with E-state index in [2.05, 4.69) is 15.5 Å². The summed E-state index contributed by atoms with van der Waals surface area (Å²) in [7, 11) is 4.49. The van der Waals surface area contributed by atoms with Crippen LogP contribution in [-0.2, 0) is 0 Å². The SMILES string of the molecule is COc1cc(OC)c(OC)cc1/C=N\NC(=O)c1nc(Cl)c(Cl)c(N)c1Cl. The molecular weight excluding hydrogens is 419 g/mol. The Morgan fingerprint density at radius 2 is 1.67 bits per heavy atom. The monoisotopic (exact) mass is 432 g/mol. The van der Waals surface area contributed by atoms with E-state index in [0.29, 0.717) is 22.8 Å². The van der Waals surface area contributed by atoms with Crippen molar-refractivity contribution in [2.75, 3.05) is 27.1 Å². The number of carbonyl (C=O) groups excluding carboxylic acids is 1. The molecule has 0 spiro atoms. The van der Waals surface area contributed by atoms with Crippen molar-refractivity contribution in [3.05, 3.63) is 38.6 Å². The van der Waals surface area contributed by atoms with Gasteiger partial charge in [0.2, 0.25) is 0 Å². The molecule has 0 aliphatic rings. The van der Waals surface area contributed by atoms with Crippen molar-refractivity contribution in [3.63, 3.8) is 0 Å².